The van der Waals surface area contributed by atoms with Gasteiger partial charge in [-0.25, -0.2) is 0 Å². The summed E-state index contributed by atoms with van der Waals surface area (Å²) in [6.45, 7) is 3.83. The average Bonchev–Trinajstić information content (AvgIpc) is 2.40. The minimum absolute atomic E-state index is 0.116. The van der Waals surface area contributed by atoms with Crippen molar-refractivity contribution in [3.8, 4) is 0 Å². The molecule has 0 aliphatic rings. The predicted octanol–water partition coefficient (Wildman–Crippen LogP) is 3.11. The standard InChI is InChI=1S/C16H19NO2/c1-3-12(10-18)16(19)17-15-7-6-13-8-11(2)4-5-14(13)9-15/h4-9,12,18H,3,10H2,1-2H3,(H,17,19). The molecule has 1 unspecified atom stereocenters. The number of aliphatic hydroxyl groups is 1. The number of benzene rings is 2. The monoisotopic (exact) mass is 257 g/mol. The number of rotatable bonds is 4. The minimum Gasteiger partial charge on any atom is -0.396 e. The van der Waals surface area contributed by atoms with Crippen molar-refractivity contribution in [2.75, 3.05) is 11.9 Å². The van der Waals surface area contributed by atoms with Gasteiger partial charge in [0, 0.05) is 5.69 Å². The van der Waals surface area contributed by atoms with Gasteiger partial charge in [0.1, 0.15) is 0 Å². The van der Waals surface area contributed by atoms with Crippen molar-refractivity contribution in [1.29, 1.82) is 0 Å². The SMILES string of the molecule is CCC(CO)C(=O)Nc1ccc2cc(C)ccc2c1. The van der Waals surface area contributed by atoms with Gasteiger partial charge in [-0.1, -0.05) is 36.8 Å². The summed E-state index contributed by atoms with van der Waals surface area (Å²) in [7, 11) is 0. The highest BCUT2D eigenvalue weighted by atomic mass is 16.3. The quantitative estimate of drug-likeness (QED) is 0.884. The summed E-state index contributed by atoms with van der Waals surface area (Å²) < 4.78 is 0. The zero-order valence-electron chi connectivity index (χ0n) is 11.3. The van der Waals surface area contributed by atoms with Crippen molar-refractivity contribution in [1.82, 2.24) is 0 Å². The van der Waals surface area contributed by atoms with E-state index < -0.39 is 0 Å². The van der Waals surface area contributed by atoms with Gasteiger partial charge in [0.2, 0.25) is 5.91 Å². The van der Waals surface area contributed by atoms with Crippen LogP contribution in [0.1, 0.15) is 18.9 Å². The molecule has 0 saturated carbocycles. The second-order valence-corrected chi connectivity index (χ2v) is 4.84. The van der Waals surface area contributed by atoms with Crippen molar-refractivity contribution >= 4 is 22.4 Å². The third-order valence-electron chi connectivity index (χ3n) is 3.35. The first-order chi connectivity index (χ1) is 9.13. The van der Waals surface area contributed by atoms with Gasteiger partial charge in [-0.3, -0.25) is 4.79 Å². The number of anilines is 1. The number of aliphatic hydroxyl groups excluding tert-OH is 1. The van der Waals surface area contributed by atoms with E-state index in [0.717, 1.165) is 16.5 Å². The number of amides is 1. The van der Waals surface area contributed by atoms with E-state index in [-0.39, 0.29) is 18.4 Å². The van der Waals surface area contributed by atoms with Crippen molar-refractivity contribution in [2.45, 2.75) is 20.3 Å². The molecule has 2 rings (SSSR count). The van der Waals surface area contributed by atoms with Crippen LogP contribution in [0.25, 0.3) is 10.8 Å². The molecule has 0 aromatic heterocycles. The van der Waals surface area contributed by atoms with Gasteiger partial charge in [-0.15, -0.1) is 0 Å². The Labute approximate surface area is 113 Å². The summed E-state index contributed by atoms with van der Waals surface area (Å²) in [5.41, 5.74) is 1.99. The summed E-state index contributed by atoms with van der Waals surface area (Å²) >= 11 is 0. The van der Waals surface area contributed by atoms with E-state index in [9.17, 15) is 4.79 Å². The van der Waals surface area contributed by atoms with E-state index in [1.165, 1.54) is 5.56 Å². The molecule has 0 spiro atoms. The van der Waals surface area contributed by atoms with Gasteiger partial charge in [0.15, 0.2) is 0 Å². The molecule has 2 aromatic rings. The first kappa shape index (κ1) is 13.6. The molecule has 1 amide bonds. The topological polar surface area (TPSA) is 49.3 Å². The number of hydrogen-bond acceptors (Lipinski definition) is 2. The summed E-state index contributed by atoms with van der Waals surface area (Å²) in [4.78, 5) is 11.9. The summed E-state index contributed by atoms with van der Waals surface area (Å²) in [6, 6.07) is 12.1. The van der Waals surface area contributed by atoms with Crippen LogP contribution in [0.4, 0.5) is 5.69 Å². The number of nitrogens with one attached hydrogen (secondary N) is 1. The fourth-order valence-electron chi connectivity index (χ4n) is 2.08. The first-order valence-electron chi connectivity index (χ1n) is 6.56. The average molecular weight is 257 g/mol. The Morgan fingerprint density at radius 1 is 1.21 bits per heavy atom. The van der Waals surface area contributed by atoms with Crippen LogP contribution in [-0.2, 0) is 4.79 Å². The molecule has 0 heterocycles. The van der Waals surface area contributed by atoms with Crippen LogP contribution in [0.5, 0.6) is 0 Å². The normalized spacial score (nSPS) is 12.4. The highest BCUT2D eigenvalue weighted by molar-refractivity contribution is 5.95. The second-order valence-electron chi connectivity index (χ2n) is 4.84. The summed E-state index contributed by atoms with van der Waals surface area (Å²) in [5, 5.41) is 14.2. The molecule has 0 aliphatic heterocycles. The Bertz CT molecular complexity index is 588. The molecule has 0 fully saturated rings. The van der Waals surface area contributed by atoms with Crippen molar-refractivity contribution < 1.29 is 9.90 Å². The van der Waals surface area contributed by atoms with Gasteiger partial charge >= 0.3 is 0 Å². The Kier molecular flexibility index (Phi) is 4.17. The first-order valence-corrected chi connectivity index (χ1v) is 6.56. The number of carbonyl (C=O) groups excluding carboxylic acids is 1. The van der Waals surface area contributed by atoms with Gasteiger partial charge < -0.3 is 10.4 Å². The third-order valence-corrected chi connectivity index (χ3v) is 3.35. The predicted molar refractivity (Wildman–Crippen MR) is 78.2 cm³/mol. The fraction of sp³-hybridized carbons (Fsp3) is 0.312. The molecular weight excluding hydrogens is 238 g/mol. The van der Waals surface area contributed by atoms with Crippen LogP contribution in [0, 0.1) is 12.8 Å². The highest BCUT2D eigenvalue weighted by Gasteiger charge is 2.15. The Morgan fingerprint density at radius 3 is 2.58 bits per heavy atom. The van der Waals surface area contributed by atoms with E-state index in [2.05, 4.69) is 24.4 Å². The van der Waals surface area contributed by atoms with Gasteiger partial charge in [0.05, 0.1) is 12.5 Å². The Balaban J connectivity index is 2.22. The van der Waals surface area contributed by atoms with Crippen LogP contribution < -0.4 is 5.32 Å². The molecule has 100 valence electrons. The Hall–Kier alpha value is -1.87. The van der Waals surface area contributed by atoms with Crippen molar-refractivity contribution in [2.24, 2.45) is 5.92 Å². The lowest BCUT2D eigenvalue weighted by Crippen LogP contribution is -2.24. The molecule has 1 atom stereocenters. The molecule has 2 aromatic carbocycles. The minimum atomic E-state index is -0.339. The van der Waals surface area contributed by atoms with Gasteiger partial charge in [-0.05, 0) is 36.2 Å². The molecule has 0 radical (unpaired) electrons. The Morgan fingerprint density at radius 2 is 1.89 bits per heavy atom. The molecule has 0 saturated heterocycles. The molecule has 0 bridgehead atoms. The molecule has 2 N–H and O–H groups in total. The maximum Gasteiger partial charge on any atom is 0.229 e. The largest absolute Gasteiger partial charge is 0.396 e. The molecule has 19 heavy (non-hydrogen) atoms. The summed E-state index contributed by atoms with van der Waals surface area (Å²) in [6.07, 6.45) is 0.634. The zero-order valence-corrected chi connectivity index (χ0v) is 11.3. The van der Waals surface area contributed by atoms with Gasteiger partial charge in [-0.2, -0.15) is 0 Å². The van der Waals surface area contributed by atoms with Crippen LogP contribution >= 0.6 is 0 Å². The number of aryl methyl sites for hydroxylation is 1. The van der Waals surface area contributed by atoms with E-state index in [0.29, 0.717) is 6.42 Å². The number of carbonyl (C=O) groups is 1. The van der Waals surface area contributed by atoms with Crippen LogP contribution in [0.15, 0.2) is 36.4 Å². The molecular formula is C16H19NO2. The lowest BCUT2D eigenvalue weighted by Gasteiger charge is -2.12. The van der Waals surface area contributed by atoms with E-state index in [4.69, 9.17) is 5.11 Å². The van der Waals surface area contributed by atoms with E-state index >= 15 is 0 Å². The van der Waals surface area contributed by atoms with E-state index in [1.54, 1.807) is 0 Å². The number of hydrogen-bond donors (Lipinski definition) is 2. The molecule has 0 aliphatic carbocycles. The smallest absolute Gasteiger partial charge is 0.229 e. The maximum absolute atomic E-state index is 11.9. The van der Waals surface area contributed by atoms with Crippen LogP contribution in [0.2, 0.25) is 0 Å². The molecule has 3 nitrogen and oxygen atoms in total. The van der Waals surface area contributed by atoms with Crippen molar-refractivity contribution in [3.05, 3.63) is 42.0 Å². The highest BCUT2D eigenvalue weighted by Crippen LogP contribution is 2.21. The lowest BCUT2D eigenvalue weighted by molar-refractivity contribution is -0.121. The summed E-state index contributed by atoms with van der Waals surface area (Å²) in [5.74, 6) is -0.467. The zero-order chi connectivity index (χ0) is 13.8. The number of fused-ring (bicyclic) bond motifs is 1. The van der Waals surface area contributed by atoms with Crippen LogP contribution in [0.3, 0.4) is 0 Å². The van der Waals surface area contributed by atoms with Gasteiger partial charge in [0.25, 0.3) is 0 Å². The second kappa shape index (κ2) is 5.85. The maximum atomic E-state index is 11.9. The fourth-order valence-corrected chi connectivity index (χ4v) is 2.08. The molecule has 3 heteroatoms. The van der Waals surface area contributed by atoms with Crippen LogP contribution in [-0.4, -0.2) is 17.6 Å². The third kappa shape index (κ3) is 3.12. The lowest BCUT2D eigenvalue weighted by atomic mass is 10.1. The van der Waals surface area contributed by atoms with Crippen molar-refractivity contribution in [3.63, 3.8) is 0 Å². The van der Waals surface area contributed by atoms with E-state index in [1.807, 2.05) is 31.2 Å².